The second-order valence-electron chi connectivity index (χ2n) is 5.19. The summed E-state index contributed by atoms with van der Waals surface area (Å²) in [6.07, 6.45) is 0.699. The minimum atomic E-state index is -0.532. The van der Waals surface area contributed by atoms with Crippen molar-refractivity contribution >= 4 is 11.6 Å². The van der Waals surface area contributed by atoms with Gasteiger partial charge in [0.2, 0.25) is 12.0 Å². The molecule has 7 heteroatoms. The Morgan fingerprint density at radius 3 is 2.80 bits per heavy atom. The highest BCUT2D eigenvalue weighted by Crippen LogP contribution is 2.18. The molecule has 0 aromatic carbocycles. The van der Waals surface area contributed by atoms with Crippen molar-refractivity contribution in [2.75, 3.05) is 7.05 Å². The van der Waals surface area contributed by atoms with Gasteiger partial charge in [-0.3, -0.25) is 4.79 Å². The fraction of sp³-hybridized carbons (Fsp3) is 0.692. The zero-order valence-electron chi connectivity index (χ0n) is 12.3. The second-order valence-corrected chi connectivity index (χ2v) is 5.19. The Labute approximate surface area is 118 Å². The third kappa shape index (κ3) is 3.15. The number of likely N-dealkylation sites (N-methyl/N-ethyl adjacent to an activating group) is 1. The van der Waals surface area contributed by atoms with Crippen molar-refractivity contribution in [1.82, 2.24) is 15.0 Å². The molecule has 1 aromatic heterocycles. The monoisotopic (exact) mass is 280 g/mol. The number of carbonyl (C=O) groups is 1. The van der Waals surface area contributed by atoms with E-state index >= 15 is 0 Å². The molecule has 0 N–H and O–H groups in total. The minimum absolute atomic E-state index is 0.118. The van der Waals surface area contributed by atoms with Crippen LogP contribution in [-0.4, -0.2) is 39.8 Å². The van der Waals surface area contributed by atoms with Gasteiger partial charge in [-0.1, -0.05) is 31.1 Å². The van der Waals surface area contributed by atoms with Gasteiger partial charge in [0, 0.05) is 19.9 Å². The van der Waals surface area contributed by atoms with Crippen molar-refractivity contribution in [3.8, 4) is 0 Å². The molecule has 0 bridgehead atoms. The molecule has 0 saturated heterocycles. The Kier molecular flexibility index (Phi) is 4.36. The van der Waals surface area contributed by atoms with E-state index in [2.05, 4.69) is 15.3 Å². The highest BCUT2D eigenvalue weighted by molar-refractivity contribution is 5.93. The van der Waals surface area contributed by atoms with Crippen molar-refractivity contribution in [2.45, 2.75) is 46.3 Å². The Balaban J connectivity index is 1.90. The lowest BCUT2D eigenvalue weighted by atomic mass is 10.0. The quantitative estimate of drug-likeness (QED) is 0.814. The lowest BCUT2D eigenvalue weighted by Crippen LogP contribution is -2.36. The first-order valence-corrected chi connectivity index (χ1v) is 6.80. The largest absolute Gasteiger partial charge is 0.382 e. The number of oxime groups is 1. The third-order valence-corrected chi connectivity index (χ3v) is 3.20. The standard InChI is InChI=1S/C13H20N4O3/c1-5-12-14-11(16-20-12)7-17(4)13(18)10-6-9(8(2)3)15-19-10/h8,10H,5-7H2,1-4H3. The zero-order chi connectivity index (χ0) is 14.7. The number of carbonyl (C=O) groups excluding carboxylic acids is 1. The van der Waals surface area contributed by atoms with Gasteiger partial charge in [0.25, 0.3) is 5.91 Å². The number of nitrogens with zero attached hydrogens (tertiary/aromatic N) is 4. The maximum absolute atomic E-state index is 12.2. The van der Waals surface area contributed by atoms with Crippen LogP contribution in [0, 0.1) is 5.92 Å². The van der Waals surface area contributed by atoms with E-state index in [1.807, 2.05) is 20.8 Å². The van der Waals surface area contributed by atoms with Crippen LogP contribution in [0.25, 0.3) is 0 Å². The van der Waals surface area contributed by atoms with Crippen LogP contribution < -0.4 is 0 Å². The first-order chi connectivity index (χ1) is 9.51. The van der Waals surface area contributed by atoms with Crippen LogP contribution >= 0.6 is 0 Å². The number of hydrogen-bond donors (Lipinski definition) is 0. The fourth-order valence-electron chi connectivity index (χ4n) is 1.90. The summed E-state index contributed by atoms with van der Waals surface area (Å²) in [5, 5.41) is 7.79. The maximum Gasteiger partial charge on any atom is 0.267 e. The first-order valence-electron chi connectivity index (χ1n) is 6.80. The SMILES string of the molecule is CCc1nc(CN(C)C(=O)C2CC(C(C)C)=NO2)no1. The van der Waals surface area contributed by atoms with Gasteiger partial charge >= 0.3 is 0 Å². The Morgan fingerprint density at radius 2 is 2.25 bits per heavy atom. The zero-order valence-corrected chi connectivity index (χ0v) is 12.3. The van der Waals surface area contributed by atoms with Crippen LogP contribution in [0.5, 0.6) is 0 Å². The molecule has 0 fully saturated rings. The Morgan fingerprint density at radius 1 is 1.50 bits per heavy atom. The van der Waals surface area contributed by atoms with Crippen molar-refractivity contribution in [3.63, 3.8) is 0 Å². The average molecular weight is 280 g/mol. The number of hydrogen-bond acceptors (Lipinski definition) is 6. The molecule has 0 radical (unpaired) electrons. The lowest BCUT2D eigenvalue weighted by molar-refractivity contribution is -0.141. The van der Waals surface area contributed by atoms with Crippen molar-refractivity contribution in [3.05, 3.63) is 11.7 Å². The molecule has 1 aliphatic rings. The van der Waals surface area contributed by atoms with E-state index in [1.165, 1.54) is 4.90 Å². The molecule has 110 valence electrons. The molecule has 0 spiro atoms. The summed E-state index contributed by atoms with van der Waals surface area (Å²) in [7, 11) is 1.70. The summed E-state index contributed by atoms with van der Waals surface area (Å²) < 4.78 is 5.02. The molecule has 1 amide bonds. The van der Waals surface area contributed by atoms with E-state index in [1.54, 1.807) is 7.05 Å². The number of amides is 1. The smallest absolute Gasteiger partial charge is 0.267 e. The van der Waals surface area contributed by atoms with Crippen LogP contribution in [0.3, 0.4) is 0 Å². The normalized spacial score (nSPS) is 18.1. The van der Waals surface area contributed by atoms with E-state index < -0.39 is 6.10 Å². The summed E-state index contributed by atoms with van der Waals surface area (Å²) in [4.78, 5) is 23.2. The molecule has 2 rings (SSSR count). The summed E-state index contributed by atoms with van der Waals surface area (Å²) >= 11 is 0. The number of rotatable bonds is 5. The lowest BCUT2D eigenvalue weighted by Gasteiger charge is -2.18. The number of aryl methyl sites for hydroxylation is 1. The average Bonchev–Trinajstić information content (AvgIpc) is 3.06. The third-order valence-electron chi connectivity index (χ3n) is 3.20. The highest BCUT2D eigenvalue weighted by Gasteiger charge is 2.31. The van der Waals surface area contributed by atoms with Crippen LogP contribution in [0.15, 0.2) is 9.68 Å². The van der Waals surface area contributed by atoms with Crippen LogP contribution in [0.1, 0.15) is 38.9 Å². The van der Waals surface area contributed by atoms with Crippen molar-refractivity contribution in [1.29, 1.82) is 0 Å². The van der Waals surface area contributed by atoms with E-state index in [0.29, 0.717) is 37.0 Å². The molecule has 1 aromatic rings. The van der Waals surface area contributed by atoms with Crippen LogP contribution in [-0.2, 0) is 22.6 Å². The van der Waals surface area contributed by atoms with Gasteiger partial charge in [-0.25, -0.2) is 0 Å². The summed E-state index contributed by atoms with van der Waals surface area (Å²) in [5.41, 5.74) is 0.921. The van der Waals surface area contributed by atoms with Crippen molar-refractivity contribution < 1.29 is 14.2 Å². The van der Waals surface area contributed by atoms with Gasteiger partial charge in [-0.2, -0.15) is 4.98 Å². The predicted octanol–water partition coefficient (Wildman–Crippen LogP) is 1.39. The minimum Gasteiger partial charge on any atom is -0.382 e. The topological polar surface area (TPSA) is 80.8 Å². The molecule has 0 saturated carbocycles. The molecular formula is C13H20N4O3. The Hall–Kier alpha value is -1.92. The van der Waals surface area contributed by atoms with Gasteiger partial charge in [0.05, 0.1) is 12.3 Å². The second kappa shape index (κ2) is 6.02. The first kappa shape index (κ1) is 14.5. The van der Waals surface area contributed by atoms with Crippen LogP contribution in [0.2, 0.25) is 0 Å². The van der Waals surface area contributed by atoms with Gasteiger partial charge in [0.1, 0.15) is 0 Å². The Bertz CT molecular complexity index is 509. The number of aromatic nitrogens is 2. The molecular weight excluding hydrogens is 260 g/mol. The summed E-state index contributed by atoms with van der Waals surface area (Å²) in [6.45, 7) is 6.30. The summed E-state index contributed by atoms with van der Waals surface area (Å²) in [6, 6.07) is 0. The van der Waals surface area contributed by atoms with Crippen molar-refractivity contribution in [2.24, 2.45) is 11.1 Å². The maximum atomic E-state index is 12.2. The molecule has 20 heavy (non-hydrogen) atoms. The van der Waals surface area contributed by atoms with E-state index in [9.17, 15) is 4.79 Å². The molecule has 7 nitrogen and oxygen atoms in total. The summed E-state index contributed by atoms with van der Waals surface area (Å²) in [5.74, 6) is 1.25. The van der Waals surface area contributed by atoms with Crippen LogP contribution in [0.4, 0.5) is 0 Å². The van der Waals surface area contributed by atoms with E-state index in [-0.39, 0.29) is 5.91 Å². The highest BCUT2D eigenvalue weighted by atomic mass is 16.6. The van der Waals surface area contributed by atoms with Gasteiger partial charge in [-0.15, -0.1) is 0 Å². The molecule has 1 aliphatic heterocycles. The molecule has 2 heterocycles. The van der Waals surface area contributed by atoms with E-state index in [4.69, 9.17) is 9.36 Å². The molecule has 1 atom stereocenters. The van der Waals surface area contributed by atoms with Gasteiger partial charge < -0.3 is 14.3 Å². The fourth-order valence-corrected chi connectivity index (χ4v) is 1.90. The van der Waals surface area contributed by atoms with E-state index in [0.717, 1.165) is 5.71 Å². The predicted molar refractivity (Wildman–Crippen MR) is 71.9 cm³/mol. The van der Waals surface area contributed by atoms with Gasteiger partial charge in [-0.05, 0) is 5.92 Å². The van der Waals surface area contributed by atoms with Gasteiger partial charge in [0.15, 0.2) is 5.82 Å². The molecule has 0 aliphatic carbocycles. The molecule has 1 unspecified atom stereocenters.